The third-order valence-electron chi connectivity index (χ3n) is 5.65. The molecular formula is C22H25N5O2. The van der Waals surface area contributed by atoms with Gasteiger partial charge in [0, 0.05) is 56.9 Å². The molecule has 1 saturated heterocycles. The van der Waals surface area contributed by atoms with Crippen LogP contribution in [-0.2, 0) is 11.3 Å². The zero-order valence-electron chi connectivity index (χ0n) is 16.7. The van der Waals surface area contributed by atoms with Gasteiger partial charge in [0.05, 0.1) is 11.6 Å². The molecule has 1 aliphatic rings. The number of anilines is 1. The Kier molecular flexibility index (Phi) is 5.20. The highest BCUT2D eigenvalue weighted by atomic mass is 16.2. The first-order chi connectivity index (χ1) is 14.0. The summed E-state index contributed by atoms with van der Waals surface area (Å²) in [5.41, 5.74) is 2.86. The molecule has 0 saturated carbocycles. The molecule has 7 nitrogen and oxygen atoms in total. The molecule has 4 rings (SSSR count). The van der Waals surface area contributed by atoms with Gasteiger partial charge in [0.2, 0.25) is 5.91 Å². The quantitative estimate of drug-likeness (QED) is 0.701. The average Bonchev–Trinajstić information content (AvgIpc) is 3.41. The van der Waals surface area contributed by atoms with Crippen LogP contribution in [0.3, 0.4) is 0 Å². The summed E-state index contributed by atoms with van der Waals surface area (Å²) in [5, 5.41) is 4.50. The van der Waals surface area contributed by atoms with Crippen LogP contribution in [0.2, 0.25) is 0 Å². The predicted molar refractivity (Wildman–Crippen MR) is 113 cm³/mol. The highest BCUT2D eigenvalue weighted by Gasteiger charge is 2.30. The van der Waals surface area contributed by atoms with Gasteiger partial charge in [0.25, 0.3) is 5.91 Å². The average molecular weight is 391 g/mol. The van der Waals surface area contributed by atoms with E-state index in [4.69, 9.17) is 0 Å². The summed E-state index contributed by atoms with van der Waals surface area (Å²) in [7, 11) is 1.79. The number of hydrogen-bond acceptors (Lipinski definition) is 4. The number of nitrogens with one attached hydrogen (secondary N) is 2. The van der Waals surface area contributed by atoms with Gasteiger partial charge >= 0.3 is 0 Å². The molecule has 1 aliphatic heterocycles. The van der Waals surface area contributed by atoms with Gasteiger partial charge in [-0.3, -0.25) is 9.59 Å². The van der Waals surface area contributed by atoms with E-state index in [1.54, 1.807) is 36.0 Å². The van der Waals surface area contributed by atoms with Crippen molar-refractivity contribution in [1.29, 1.82) is 0 Å². The molecule has 1 aromatic carbocycles. The zero-order valence-corrected chi connectivity index (χ0v) is 16.7. The van der Waals surface area contributed by atoms with Crippen LogP contribution in [-0.4, -0.2) is 57.8 Å². The van der Waals surface area contributed by atoms with Gasteiger partial charge in [0.1, 0.15) is 5.82 Å². The largest absolute Gasteiger partial charge is 0.366 e. The molecule has 0 spiro atoms. The Hall–Kier alpha value is -3.35. The fourth-order valence-corrected chi connectivity index (χ4v) is 3.80. The van der Waals surface area contributed by atoms with Crippen molar-refractivity contribution in [2.24, 2.45) is 0 Å². The van der Waals surface area contributed by atoms with Gasteiger partial charge in [-0.1, -0.05) is 12.1 Å². The Morgan fingerprint density at radius 2 is 2.14 bits per heavy atom. The standard InChI is InChI=1S/C22H25N5O2/c1-15(28)26(2)18-9-11-27(14-18)22(29)17-6-7-21(25-13-17)24-12-16-4-3-5-20-19(16)8-10-23-20/h3-8,10,13,18,23H,9,11-12,14H2,1-2H3,(H,24,25)/t18-/m0/s1. The van der Waals surface area contributed by atoms with Gasteiger partial charge < -0.3 is 20.1 Å². The Balaban J connectivity index is 1.37. The van der Waals surface area contributed by atoms with E-state index in [-0.39, 0.29) is 17.9 Å². The first-order valence-electron chi connectivity index (χ1n) is 9.80. The number of rotatable bonds is 5. The van der Waals surface area contributed by atoms with Crippen molar-refractivity contribution in [3.63, 3.8) is 0 Å². The molecule has 2 amide bonds. The number of likely N-dealkylation sites (N-methyl/N-ethyl adjacent to an activating group) is 1. The molecule has 3 heterocycles. The third kappa shape index (κ3) is 3.94. The molecule has 0 aliphatic carbocycles. The van der Waals surface area contributed by atoms with E-state index in [9.17, 15) is 9.59 Å². The van der Waals surface area contributed by atoms with Crippen molar-refractivity contribution in [3.05, 3.63) is 59.9 Å². The summed E-state index contributed by atoms with van der Waals surface area (Å²) in [5.74, 6) is 0.710. The number of benzene rings is 1. The van der Waals surface area contributed by atoms with Gasteiger partial charge in [0.15, 0.2) is 0 Å². The van der Waals surface area contributed by atoms with Gasteiger partial charge in [-0.05, 0) is 36.2 Å². The van der Waals surface area contributed by atoms with Gasteiger partial charge in [-0.2, -0.15) is 0 Å². The van der Waals surface area contributed by atoms with Crippen LogP contribution in [0.25, 0.3) is 10.9 Å². The summed E-state index contributed by atoms with van der Waals surface area (Å²) >= 11 is 0. The predicted octanol–water partition coefficient (Wildman–Crippen LogP) is 2.87. The van der Waals surface area contributed by atoms with Crippen LogP contribution in [0.5, 0.6) is 0 Å². The molecule has 29 heavy (non-hydrogen) atoms. The minimum atomic E-state index is -0.0411. The zero-order chi connectivity index (χ0) is 20.4. The maximum Gasteiger partial charge on any atom is 0.255 e. The molecule has 0 unspecified atom stereocenters. The topological polar surface area (TPSA) is 81.3 Å². The van der Waals surface area contributed by atoms with E-state index in [1.165, 1.54) is 10.9 Å². The molecular weight excluding hydrogens is 366 g/mol. The number of fused-ring (bicyclic) bond motifs is 1. The van der Waals surface area contributed by atoms with E-state index in [1.807, 2.05) is 18.3 Å². The summed E-state index contributed by atoms with van der Waals surface area (Å²) in [6.07, 6.45) is 4.35. The van der Waals surface area contributed by atoms with E-state index in [0.717, 1.165) is 17.8 Å². The van der Waals surface area contributed by atoms with Crippen LogP contribution in [0.1, 0.15) is 29.3 Å². The Labute approximate surface area is 169 Å². The fourth-order valence-electron chi connectivity index (χ4n) is 3.80. The van der Waals surface area contributed by atoms with Crippen molar-refractivity contribution >= 4 is 28.5 Å². The molecule has 2 N–H and O–H groups in total. The fraction of sp³-hybridized carbons (Fsp3) is 0.318. The van der Waals surface area contributed by atoms with Gasteiger partial charge in [-0.15, -0.1) is 0 Å². The summed E-state index contributed by atoms with van der Waals surface area (Å²) < 4.78 is 0. The maximum atomic E-state index is 12.8. The molecule has 0 radical (unpaired) electrons. The number of aromatic amines is 1. The van der Waals surface area contributed by atoms with Gasteiger partial charge in [-0.25, -0.2) is 4.98 Å². The van der Waals surface area contributed by atoms with Crippen LogP contribution in [0.4, 0.5) is 5.82 Å². The Morgan fingerprint density at radius 3 is 2.90 bits per heavy atom. The highest BCUT2D eigenvalue weighted by Crippen LogP contribution is 2.20. The van der Waals surface area contributed by atoms with Crippen molar-refractivity contribution in [2.75, 3.05) is 25.5 Å². The second kappa shape index (κ2) is 7.95. The number of aromatic nitrogens is 2. The summed E-state index contributed by atoms with van der Waals surface area (Å²) in [6, 6.07) is 11.9. The number of nitrogens with zero attached hydrogens (tertiary/aromatic N) is 3. The lowest BCUT2D eigenvalue weighted by molar-refractivity contribution is -0.129. The Morgan fingerprint density at radius 1 is 1.28 bits per heavy atom. The number of carbonyl (C=O) groups is 2. The van der Waals surface area contributed by atoms with Crippen LogP contribution < -0.4 is 5.32 Å². The smallest absolute Gasteiger partial charge is 0.255 e. The van der Waals surface area contributed by atoms with E-state index in [2.05, 4.69) is 33.5 Å². The molecule has 150 valence electrons. The van der Waals surface area contributed by atoms with Crippen molar-refractivity contribution < 1.29 is 9.59 Å². The number of amides is 2. The lowest BCUT2D eigenvalue weighted by atomic mass is 10.1. The number of hydrogen-bond donors (Lipinski definition) is 2. The minimum absolute atomic E-state index is 0.0247. The molecule has 0 bridgehead atoms. The van der Waals surface area contributed by atoms with Crippen molar-refractivity contribution in [2.45, 2.75) is 25.9 Å². The third-order valence-corrected chi connectivity index (χ3v) is 5.65. The molecule has 1 fully saturated rings. The first kappa shape index (κ1) is 19.0. The molecule has 1 atom stereocenters. The van der Waals surface area contributed by atoms with E-state index in [0.29, 0.717) is 25.2 Å². The normalized spacial score (nSPS) is 16.2. The minimum Gasteiger partial charge on any atom is -0.366 e. The first-order valence-corrected chi connectivity index (χ1v) is 9.80. The lowest BCUT2D eigenvalue weighted by Gasteiger charge is -2.23. The summed E-state index contributed by atoms with van der Waals surface area (Å²) in [6.45, 7) is 3.43. The number of carbonyl (C=O) groups excluding carboxylic acids is 2. The SMILES string of the molecule is CC(=O)N(C)[C@H]1CCN(C(=O)c2ccc(NCc3cccc4[nH]ccc34)nc2)C1. The van der Waals surface area contributed by atoms with Crippen LogP contribution >= 0.6 is 0 Å². The summed E-state index contributed by atoms with van der Waals surface area (Å²) in [4.78, 5) is 35.4. The number of pyridine rings is 1. The van der Waals surface area contributed by atoms with Crippen molar-refractivity contribution in [1.82, 2.24) is 19.8 Å². The molecule has 3 aromatic rings. The van der Waals surface area contributed by atoms with E-state index < -0.39 is 0 Å². The highest BCUT2D eigenvalue weighted by molar-refractivity contribution is 5.94. The lowest BCUT2D eigenvalue weighted by Crippen LogP contribution is -2.38. The van der Waals surface area contributed by atoms with E-state index >= 15 is 0 Å². The number of likely N-dealkylation sites (tertiary alicyclic amines) is 1. The second-order valence-corrected chi connectivity index (χ2v) is 7.47. The second-order valence-electron chi connectivity index (χ2n) is 7.47. The number of H-pyrrole nitrogens is 1. The van der Waals surface area contributed by atoms with Crippen LogP contribution in [0, 0.1) is 0 Å². The monoisotopic (exact) mass is 391 g/mol. The van der Waals surface area contributed by atoms with Crippen LogP contribution in [0.15, 0.2) is 48.8 Å². The van der Waals surface area contributed by atoms with Crippen molar-refractivity contribution in [3.8, 4) is 0 Å². The molecule has 2 aromatic heterocycles. The Bertz CT molecular complexity index is 1030. The molecule has 7 heteroatoms. The maximum absolute atomic E-state index is 12.8.